The van der Waals surface area contributed by atoms with Gasteiger partial charge in [-0.05, 0) is 55.5 Å². The predicted octanol–water partition coefficient (Wildman–Crippen LogP) is 5.23. The maximum atomic E-state index is 12.3. The first-order valence-corrected chi connectivity index (χ1v) is 11.0. The third-order valence-corrected chi connectivity index (χ3v) is 5.33. The zero-order valence-electron chi connectivity index (χ0n) is 17.3. The Balaban J connectivity index is 1.34. The Kier molecular flexibility index (Phi) is 6.76. The van der Waals surface area contributed by atoms with Gasteiger partial charge in [0.25, 0.3) is 0 Å². The zero-order chi connectivity index (χ0) is 22.3. The first-order chi connectivity index (χ1) is 15.6. The van der Waals surface area contributed by atoms with Crippen LogP contribution in [0.3, 0.4) is 0 Å². The van der Waals surface area contributed by atoms with Gasteiger partial charge in [0, 0.05) is 17.9 Å². The standard InChI is InChI=1S/C23H21N3O5S/c1-2-29-22(28)15-7-9-16(10-8-15)24-19(27)11-14-32-23-25-20(17-5-3-12-30-17)21(26-23)18-6-4-13-31-18/h3-10,12-13H,2,11,14H2,1H3,(H,24,27)(H,25,26). The molecule has 9 heteroatoms. The van der Waals surface area contributed by atoms with Gasteiger partial charge in [-0.2, -0.15) is 0 Å². The number of amides is 1. The zero-order valence-corrected chi connectivity index (χ0v) is 18.1. The fraction of sp³-hybridized carbons (Fsp3) is 0.174. The van der Waals surface area contributed by atoms with Gasteiger partial charge in [-0.3, -0.25) is 4.79 Å². The molecule has 1 aromatic carbocycles. The quantitative estimate of drug-likeness (QED) is 0.265. The van der Waals surface area contributed by atoms with Crippen molar-refractivity contribution in [1.82, 2.24) is 9.97 Å². The third kappa shape index (κ3) is 5.12. The van der Waals surface area contributed by atoms with Crippen molar-refractivity contribution in [2.45, 2.75) is 18.5 Å². The second-order valence-corrected chi connectivity index (χ2v) is 7.75. The van der Waals surface area contributed by atoms with Gasteiger partial charge < -0.3 is 23.9 Å². The van der Waals surface area contributed by atoms with Crippen LogP contribution in [0.25, 0.3) is 22.9 Å². The fourth-order valence-electron chi connectivity index (χ4n) is 2.98. The molecule has 0 saturated carbocycles. The average molecular weight is 452 g/mol. The highest BCUT2D eigenvalue weighted by molar-refractivity contribution is 7.99. The molecule has 32 heavy (non-hydrogen) atoms. The van der Waals surface area contributed by atoms with Crippen molar-refractivity contribution < 1.29 is 23.2 Å². The van der Waals surface area contributed by atoms with Crippen molar-refractivity contribution >= 4 is 29.3 Å². The van der Waals surface area contributed by atoms with E-state index in [1.807, 2.05) is 12.1 Å². The second-order valence-electron chi connectivity index (χ2n) is 6.66. The molecule has 0 aliphatic heterocycles. The van der Waals surface area contributed by atoms with Gasteiger partial charge in [-0.15, -0.1) is 0 Å². The van der Waals surface area contributed by atoms with E-state index >= 15 is 0 Å². The number of aromatic nitrogens is 2. The molecule has 0 fully saturated rings. The number of H-pyrrole nitrogens is 1. The molecule has 2 N–H and O–H groups in total. The number of hydrogen-bond acceptors (Lipinski definition) is 7. The number of rotatable bonds is 9. The maximum Gasteiger partial charge on any atom is 0.338 e. The molecule has 0 bridgehead atoms. The molecule has 0 atom stereocenters. The van der Waals surface area contributed by atoms with E-state index in [0.29, 0.717) is 46.0 Å². The predicted molar refractivity (Wildman–Crippen MR) is 120 cm³/mol. The second kappa shape index (κ2) is 10.1. The molecule has 3 heterocycles. The molecular weight excluding hydrogens is 430 g/mol. The number of nitrogens with zero attached hydrogens (tertiary/aromatic N) is 1. The Morgan fingerprint density at radius 1 is 1.06 bits per heavy atom. The normalized spacial score (nSPS) is 10.8. The summed E-state index contributed by atoms with van der Waals surface area (Å²) in [5, 5.41) is 3.48. The van der Waals surface area contributed by atoms with E-state index < -0.39 is 0 Å². The summed E-state index contributed by atoms with van der Waals surface area (Å²) in [4.78, 5) is 31.8. The van der Waals surface area contributed by atoms with E-state index in [-0.39, 0.29) is 18.3 Å². The topological polar surface area (TPSA) is 110 Å². The van der Waals surface area contributed by atoms with Crippen LogP contribution in [-0.2, 0) is 9.53 Å². The van der Waals surface area contributed by atoms with Crippen LogP contribution < -0.4 is 5.32 Å². The minimum absolute atomic E-state index is 0.134. The average Bonchev–Trinajstić information content (AvgIpc) is 3.55. The summed E-state index contributed by atoms with van der Waals surface area (Å²) in [5.41, 5.74) is 2.43. The van der Waals surface area contributed by atoms with Crippen LogP contribution in [0.15, 0.2) is 75.0 Å². The summed E-state index contributed by atoms with van der Waals surface area (Å²) in [6.07, 6.45) is 3.47. The van der Waals surface area contributed by atoms with Crippen molar-refractivity contribution in [3.05, 3.63) is 66.6 Å². The van der Waals surface area contributed by atoms with Crippen LogP contribution in [-0.4, -0.2) is 34.2 Å². The highest BCUT2D eigenvalue weighted by Crippen LogP contribution is 2.33. The molecule has 1 amide bonds. The smallest absolute Gasteiger partial charge is 0.338 e. The molecule has 0 aliphatic rings. The van der Waals surface area contributed by atoms with Gasteiger partial charge >= 0.3 is 5.97 Å². The highest BCUT2D eigenvalue weighted by Gasteiger charge is 2.18. The molecule has 0 aliphatic carbocycles. The molecule has 0 unspecified atom stereocenters. The minimum Gasteiger partial charge on any atom is -0.463 e. The van der Waals surface area contributed by atoms with Crippen LogP contribution >= 0.6 is 11.8 Å². The van der Waals surface area contributed by atoms with E-state index in [4.69, 9.17) is 13.6 Å². The summed E-state index contributed by atoms with van der Waals surface area (Å²) in [6, 6.07) is 13.9. The van der Waals surface area contributed by atoms with Crippen molar-refractivity contribution in [3.8, 4) is 22.9 Å². The van der Waals surface area contributed by atoms with Crippen LogP contribution in [0.4, 0.5) is 5.69 Å². The lowest BCUT2D eigenvalue weighted by molar-refractivity contribution is -0.115. The Hall–Kier alpha value is -3.72. The Morgan fingerprint density at radius 3 is 2.44 bits per heavy atom. The number of ether oxygens (including phenoxy) is 1. The Labute approximate surface area is 188 Å². The van der Waals surface area contributed by atoms with Crippen molar-refractivity contribution in [2.24, 2.45) is 0 Å². The molecular formula is C23H21N3O5S. The largest absolute Gasteiger partial charge is 0.463 e. The summed E-state index contributed by atoms with van der Waals surface area (Å²) < 4.78 is 15.9. The molecule has 164 valence electrons. The van der Waals surface area contributed by atoms with Gasteiger partial charge in [-0.1, -0.05) is 11.8 Å². The molecule has 0 spiro atoms. The van der Waals surface area contributed by atoms with Crippen LogP contribution in [0.2, 0.25) is 0 Å². The number of esters is 1. The number of anilines is 1. The van der Waals surface area contributed by atoms with E-state index in [9.17, 15) is 9.59 Å². The maximum absolute atomic E-state index is 12.3. The van der Waals surface area contributed by atoms with E-state index in [0.717, 1.165) is 5.69 Å². The number of imidazole rings is 1. The molecule has 4 aromatic rings. The number of nitrogens with one attached hydrogen (secondary N) is 2. The van der Waals surface area contributed by atoms with E-state index in [1.165, 1.54) is 11.8 Å². The molecule has 3 aromatic heterocycles. The van der Waals surface area contributed by atoms with E-state index in [1.54, 1.807) is 55.8 Å². The number of hydrogen-bond donors (Lipinski definition) is 2. The summed E-state index contributed by atoms with van der Waals surface area (Å²) in [6.45, 7) is 2.07. The van der Waals surface area contributed by atoms with Gasteiger partial charge in [-0.25, -0.2) is 9.78 Å². The SMILES string of the molecule is CCOC(=O)c1ccc(NC(=O)CCSc2nc(-c3ccco3)c(-c3ccco3)[nH]2)cc1. The number of carbonyl (C=O) groups excluding carboxylic acids is 2. The number of furan rings is 2. The molecule has 0 radical (unpaired) electrons. The van der Waals surface area contributed by atoms with Crippen LogP contribution in [0.5, 0.6) is 0 Å². The first kappa shape index (κ1) is 21.5. The Bertz CT molecular complexity index is 1110. The van der Waals surface area contributed by atoms with Gasteiger partial charge in [0.1, 0.15) is 11.4 Å². The lowest BCUT2D eigenvalue weighted by atomic mass is 10.2. The molecule has 4 rings (SSSR count). The molecule has 8 nitrogen and oxygen atoms in total. The van der Waals surface area contributed by atoms with Crippen molar-refractivity contribution in [2.75, 3.05) is 17.7 Å². The molecule has 0 saturated heterocycles. The third-order valence-electron chi connectivity index (χ3n) is 4.45. The fourth-order valence-corrected chi connectivity index (χ4v) is 3.79. The van der Waals surface area contributed by atoms with Crippen molar-refractivity contribution in [1.29, 1.82) is 0 Å². The van der Waals surface area contributed by atoms with Gasteiger partial charge in [0.2, 0.25) is 5.91 Å². The number of benzene rings is 1. The monoisotopic (exact) mass is 451 g/mol. The van der Waals surface area contributed by atoms with E-state index in [2.05, 4.69) is 15.3 Å². The van der Waals surface area contributed by atoms with Crippen LogP contribution in [0, 0.1) is 0 Å². The summed E-state index contributed by atoms with van der Waals surface area (Å²) in [5.74, 6) is 1.28. The first-order valence-electron chi connectivity index (χ1n) is 10.0. The Morgan fingerprint density at radius 2 is 1.78 bits per heavy atom. The minimum atomic E-state index is -0.386. The lowest BCUT2D eigenvalue weighted by Gasteiger charge is -2.06. The summed E-state index contributed by atoms with van der Waals surface area (Å²) >= 11 is 1.43. The van der Waals surface area contributed by atoms with Crippen LogP contribution in [0.1, 0.15) is 23.7 Å². The number of thioether (sulfide) groups is 1. The number of carbonyl (C=O) groups is 2. The summed E-state index contributed by atoms with van der Waals surface area (Å²) in [7, 11) is 0. The highest BCUT2D eigenvalue weighted by atomic mass is 32.2. The van der Waals surface area contributed by atoms with Crippen molar-refractivity contribution in [3.63, 3.8) is 0 Å². The number of aromatic amines is 1. The van der Waals surface area contributed by atoms with Gasteiger partial charge in [0.05, 0.1) is 24.7 Å². The lowest BCUT2D eigenvalue weighted by Crippen LogP contribution is -2.12. The van der Waals surface area contributed by atoms with Gasteiger partial charge in [0.15, 0.2) is 16.7 Å².